The number of rotatable bonds is 6. The molecule has 1 aromatic heterocycles. The summed E-state index contributed by atoms with van der Waals surface area (Å²) in [6, 6.07) is 15.7. The molecule has 1 fully saturated rings. The number of carboxylic acids is 1. The topological polar surface area (TPSA) is 59.0 Å². The summed E-state index contributed by atoms with van der Waals surface area (Å²) in [5.41, 5.74) is 0.965. The molecule has 0 amide bonds. The predicted octanol–water partition coefficient (Wildman–Crippen LogP) is 3.98. The van der Waals surface area contributed by atoms with Crippen molar-refractivity contribution >= 4 is 28.1 Å². The van der Waals surface area contributed by atoms with Gasteiger partial charge in [0.15, 0.2) is 0 Å². The van der Waals surface area contributed by atoms with Gasteiger partial charge in [0.05, 0.1) is 13.2 Å². The van der Waals surface area contributed by atoms with Gasteiger partial charge in [0.2, 0.25) is 0 Å². The predicted molar refractivity (Wildman–Crippen MR) is 107 cm³/mol. The van der Waals surface area contributed by atoms with Crippen LogP contribution in [0.2, 0.25) is 0 Å². The third-order valence-electron chi connectivity index (χ3n) is 4.72. The molecule has 2 heterocycles. The maximum atomic E-state index is 11.3. The monoisotopic (exact) mass is 383 g/mol. The minimum absolute atomic E-state index is 0.331. The van der Waals surface area contributed by atoms with Crippen molar-refractivity contribution in [1.29, 1.82) is 0 Å². The molecule has 6 heteroatoms. The summed E-state index contributed by atoms with van der Waals surface area (Å²) in [6.45, 7) is 4.84. The Morgan fingerprint density at radius 3 is 2.70 bits per heavy atom. The largest absolute Gasteiger partial charge is 0.492 e. The lowest BCUT2D eigenvalue weighted by Crippen LogP contribution is -2.38. The maximum Gasteiger partial charge on any atom is 0.345 e. The number of carboxylic acid groups (broad SMARTS) is 1. The first-order valence-electron chi connectivity index (χ1n) is 9.00. The highest BCUT2D eigenvalue weighted by Gasteiger charge is 2.16. The van der Waals surface area contributed by atoms with Gasteiger partial charge < -0.3 is 14.6 Å². The number of fused-ring (bicyclic) bond motifs is 1. The molecule has 140 valence electrons. The number of benzene rings is 2. The molecule has 1 N–H and O–H groups in total. The summed E-state index contributed by atoms with van der Waals surface area (Å²) in [5, 5.41) is 11.5. The molecule has 1 aliphatic rings. The van der Waals surface area contributed by atoms with Gasteiger partial charge in [-0.1, -0.05) is 30.3 Å². The van der Waals surface area contributed by atoms with Gasteiger partial charge in [-0.3, -0.25) is 4.90 Å². The van der Waals surface area contributed by atoms with Crippen LogP contribution in [0.5, 0.6) is 5.75 Å². The molecule has 0 saturated carbocycles. The summed E-state index contributed by atoms with van der Waals surface area (Å²) in [6.07, 6.45) is 0. The molecule has 1 aliphatic heterocycles. The summed E-state index contributed by atoms with van der Waals surface area (Å²) < 4.78 is 11.5. The molecule has 0 radical (unpaired) electrons. The highest BCUT2D eigenvalue weighted by atomic mass is 32.1. The molecule has 3 aromatic rings. The second-order valence-corrected chi connectivity index (χ2v) is 7.52. The van der Waals surface area contributed by atoms with E-state index in [-0.39, 0.29) is 0 Å². The summed E-state index contributed by atoms with van der Waals surface area (Å²) in [5.74, 6) is -0.109. The van der Waals surface area contributed by atoms with E-state index in [0.717, 1.165) is 59.8 Å². The van der Waals surface area contributed by atoms with E-state index < -0.39 is 5.97 Å². The summed E-state index contributed by atoms with van der Waals surface area (Å²) in [4.78, 5) is 14.9. The zero-order valence-electron chi connectivity index (χ0n) is 14.9. The van der Waals surface area contributed by atoms with Gasteiger partial charge in [-0.15, -0.1) is 11.3 Å². The smallest absolute Gasteiger partial charge is 0.345 e. The fraction of sp³-hybridized carbons (Fsp3) is 0.286. The number of hydrogen-bond donors (Lipinski definition) is 1. The first kappa shape index (κ1) is 18.0. The van der Waals surface area contributed by atoms with E-state index in [4.69, 9.17) is 9.47 Å². The Morgan fingerprint density at radius 1 is 1.11 bits per heavy atom. The minimum Gasteiger partial charge on any atom is -0.492 e. The normalized spacial score (nSPS) is 15.1. The molecule has 0 unspecified atom stereocenters. The van der Waals surface area contributed by atoms with E-state index in [2.05, 4.69) is 23.1 Å². The zero-order chi connectivity index (χ0) is 18.6. The molecule has 0 spiro atoms. The minimum atomic E-state index is -0.902. The number of carbonyl (C=O) groups is 1. The van der Waals surface area contributed by atoms with Gasteiger partial charge in [-0.25, -0.2) is 4.79 Å². The fourth-order valence-electron chi connectivity index (χ4n) is 3.32. The van der Waals surface area contributed by atoms with Gasteiger partial charge in [0.1, 0.15) is 17.2 Å². The van der Waals surface area contributed by atoms with E-state index in [1.54, 1.807) is 6.07 Å². The van der Waals surface area contributed by atoms with Crippen molar-refractivity contribution in [2.45, 2.75) is 0 Å². The number of ether oxygens (including phenoxy) is 2. The number of nitrogens with zero attached hydrogens (tertiary/aromatic N) is 1. The summed E-state index contributed by atoms with van der Waals surface area (Å²) in [7, 11) is 0. The van der Waals surface area contributed by atoms with Crippen LogP contribution in [0.4, 0.5) is 0 Å². The molecule has 0 bridgehead atoms. The Hall–Kier alpha value is -2.41. The number of thiophene rings is 1. The molecule has 4 rings (SSSR count). The first-order chi connectivity index (χ1) is 13.2. The molecule has 0 atom stereocenters. The molecular weight excluding hydrogens is 362 g/mol. The van der Waals surface area contributed by atoms with E-state index in [0.29, 0.717) is 11.5 Å². The molecule has 1 saturated heterocycles. The number of hydrogen-bond acceptors (Lipinski definition) is 5. The Labute approximate surface area is 161 Å². The Bertz CT molecular complexity index is 946. The van der Waals surface area contributed by atoms with Crippen LogP contribution < -0.4 is 4.74 Å². The van der Waals surface area contributed by atoms with Crippen LogP contribution >= 0.6 is 11.3 Å². The van der Waals surface area contributed by atoms with Crippen molar-refractivity contribution in [3.05, 3.63) is 53.4 Å². The molecule has 0 aliphatic carbocycles. The highest BCUT2D eigenvalue weighted by molar-refractivity contribution is 7.17. The van der Waals surface area contributed by atoms with Crippen LogP contribution in [0, 0.1) is 0 Å². The first-order valence-corrected chi connectivity index (χ1v) is 9.82. The third kappa shape index (κ3) is 3.98. The molecular formula is C21H21NO4S. The highest BCUT2D eigenvalue weighted by Crippen LogP contribution is 2.40. The van der Waals surface area contributed by atoms with Crippen molar-refractivity contribution in [2.75, 3.05) is 39.5 Å². The molecule has 27 heavy (non-hydrogen) atoms. The van der Waals surface area contributed by atoms with Gasteiger partial charge >= 0.3 is 5.97 Å². The van der Waals surface area contributed by atoms with Gasteiger partial charge in [-0.05, 0) is 29.0 Å². The molecule has 2 aromatic carbocycles. The van der Waals surface area contributed by atoms with Crippen molar-refractivity contribution in [1.82, 2.24) is 4.90 Å². The van der Waals surface area contributed by atoms with Crippen LogP contribution in [0.3, 0.4) is 0 Å². The van der Waals surface area contributed by atoms with Crippen molar-refractivity contribution in [2.24, 2.45) is 0 Å². The van der Waals surface area contributed by atoms with Crippen molar-refractivity contribution in [3.63, 3.8) is 0 Å². The lowest BCUT2D eigenvalue weighted by Gasteiger charge is -2.26. The third-order valence-corrected chi connectivity index (χ3v) is 5.81. The van der Waals surface area contributed by atoms with E-state index >= 15 is 0 Å². The summed E-state index contributed by atoms with van der Waals surface area (Å²) >= 11 is 1.28. The second-order valence-electron chi connectivity index (χ2n) is 6.43. The van der Waals surface area contributed by atoms with Gasteiger partial charge in [0, 0.05) is 30.1 Å². The SMILES string of the molecule is O=C(O)c1ccc(-c2c(OCCN3CCOCC3)ccc3ccccc23)s1. The Kier molecular flexibility index (Phi) is 5.38. The van der Waals surface area contributed by atoms with Crippen molar-refractivity contribution in [3.8, 4) is 16.2 Å². The molecule has 5 nitrogen and oxygen atoms in total. The lowest BCUT2D eigenvalue weighted by atomic mass is 10.0. The standard InChI is InChI=1S/C21H21NO4S/c23-21(24)19-8-7-18(27-19)20-16-4-2-1-3-15(16)5-6-17(20)26-14-11-22-9-12-25-13-10-22/h1-8H,9-14H2,(H,23,24). The van der Waals surface area contributed by atoms with Gasteiger partial charge in [-0.2, -0.15) is 0 Å². The van der Waals surface area contributed by atoms with E-state index in [9.17, 15) is 9.90 Å². The second kappa shape index (κ2) is 8.08. The van der Waals surface area contributed by atoms with Crippen LogP contribution in [-0.4, -0.2) is 55.4 Å². The quantitative estimate of drug-likeness (QED) is 0.698. The Morgan fingerprint density at radius 2 is 1.93 bits per heavy atom. The number of morpholine rings is 1. The maximum absolute atomic E-state index is 11.3. The van der Waals surface area contributed by atoms with Crippen LogP contribution in [-0.2, 0) is 4.74 Å². The van der Waals surface area contributed by atoms with Gasteiger partial charge in [0.25, 0.3) is 0 Å². The van der Waals surface area contributed by atoms with E-state index in [1.807, 2.05) is 24.3 Å². The zero-order valence-corrected chi connectivity index (χ0v) is 15.7. The van der Waals surface area contributed by atoms with Crippen molar-refractivity contribution < 1.29 is 19.4 Å². The lowest BCUT2D eigenvalue weighted by molar-refractivity contribution is 0.0323. The van der Waals surface area contributed by atoms with Crippen LogP contribution in [0.15, 0.2) is 48.5 Å². The van der Waals surface area contributed by atoms with Crippen LogP contribution in [0.1, 0.15) is 9.67 Å². The average molecular weight is 383 g/mol. The average Bonchev–Trinajstić information content (AvgIpc) is 3.18. The van der Waals surface area contributed by atoms with Crippen LogP contribution in [0.25, 0.3) is 21.2 Å². The fourth-order valence-corrected chi connectivity index (χ4v) is 4.23. The van der Waals surface area contributed by atoms with E-state index in [1.165, 1.54) is 11.3 Å². The Balaban J connectivity index is 1.63. The number of aromatic carboxylic acids is 1.